The number of aliphatic hydroxyl groups excluding tert-OH is 1. The van der Waals surface area contributed by atoms with Crippen LogP contribution in [0, 0.1) is 21.0 Å². The third-order valence-electron chi connectivity index (χ3n) is 4.41. The molecule has 0 spiro atoms. The Morgan fingerprint density at radius 1 is 1.24 bits per heavy atom. The maximum absolute atomic E-state index is 14.6. The van der Waals surface area contributed by atoms with E-state index in [2.05, 4.69) is 10.0 Å². The van der Waals surface area contributed by atoms with Gasteiger partial charge in [-0.3, -0.25) is 0 Å². The van der Waals surface area contributed by atoms with Crippen LogP contribution >= 0.6 is 22.6 Å². The van der Waals surface area contributed by atoms with Gasteiger partial charge in [-0.25, -0.2) is 26.3 Å². The number of hydrogen-bond donors (Lipinski definition) is 3. The molecule has 0 aliphatic heterocycles. The molecule has 0 amide bonds. The Morgan fingerprint density at radius 3 is 2.52 bits per heavy atom. The maximum Gasteiger partial charge on any atom is 0.214 e. The molecule has 11 heteroatoms. The Morgan fingerprint density at radius 2 is 1.93 bits per heavy atom. The van der Waals surface area contributed by atoms with E-state index in [-0.39, 0.29) is 17.0 Å². The quantitative estimate of drug-likeness (QED) is 0.445. The highest BCUT2D eigenvalue weighted by Crippen LogP contribution is 2.38. The van der Waals surface area contributed by atoms with Gasteiger partial charge >= 0.3 is 0 Å². The van der Waals surface area contributed by atoms with Gasteiger partial charge in [-0.05, 0) is 53.6 Å². The molecule has 1 fully saturated rings. The van der Waals surface area contributed by atoms with Crippen LogP contribution in [0.1, 0.15) is 24.5 Å². The third kappa shape index (κ3) is 4.95. The first-order valence-corrected chi connectivity index (χ1v) is 11.2. The average molecular weight is 542 g/mol. The van der Waals surface area contributed by atoms with Crippen molar-refractivity contribution in [2.75, 3.05) is 19.0 Å². The minimum atomic E-state index is -3.61. The first kappa shape index (κ1) is 22.1. The van der Waals surface area contributed by atoms with Crippen LogP contribution in [0.3, 0.4) is 0 Å². The molecule has 1 unspecified atom stereocenters. The second kappa shape index (κ2) is 8.66. The summed E-state index contributed by atoms with van der Waals surface area (Å²) >= 11 is 1.90. The molecule has 3 rings (SSSR count). The minimum Gasteiger partial charge on any atom is -0.496 e. The summed E-state index contributed by atoms with van der Waals surface area (Å²) in [4.78, 5) is 0. The highest BCUT2D eigenvalue weighted by Gasteiger charge is 2.36. The van der Waals surface area contributed by atoms with Crippen molar-refractivity contribution >= 4 is 44.0 Å². The average Bonchev–Trinajstić information content (AvgIpc) is 3.51. The number of methoxy groups -OCH3 is 1. The Kier molecular flexibility index (Phi) is 6.61. The lowest BCUT2D eigenvalue weighted by molar-refractivity contribution is 0.177. The zero-order valence-corrected chi connectivity index (χ0v) is 18.2. The van der Waals surface area contributed by atoms with Crippen LogP contribution in [0.2, 0.25) is 0 Å². The number of rotatable bonds is 8. The molecule has 0 saturated heterocycles. The van der Waals surface area contributed by atoms with Crippen LogP contribution in [0.25, 0.3) is 0 Å². The van der Waals surface area contributed by atoms with Crippen molar-refractivity contribution in [1.82, 2.24) is 4.72 Å². The lowest BCUT2D eigenvalue weighted by atomic mass is 10.0. The molecular formula is C18H18F3IN2O4S. The lowest BCUT2D eigenvalue weighted by Gasteiger charge is -2.21. The number of anilines is 2. The minimum absolute atomic E-state index is 0.149. The predicted octanol–water partition coefficient (Wildman–Crippen LogP) is 3.58. The summed E-state index contributed by atoms with van der Waals surface area (Å²) in [5.41, 5.74) is -0.924. The second-order valence-electron chi connectivity index (χ2n) is 6.52. The molecule has 0 aromatic heterocycles. The van der Waals surface area contributed by atoms with Gasteiger partial charge in [-0.1, -0.05) is 0 Å². The van der Waals surface area contributed by atoms with Gasteiger partial charge in [0.05, 0.1) is 35.4 Å². The molecule has 1 aliphatic rings. The molecule has 0 bridgehead atoms. The number of sulfonamides is 1. The van der Waals surface area contributed by atoms with E-state index in [9.17, 15) is 26.7 Å². The normalized spacial score (nSPS) is 15.2. The van der Waals surface area contributed by atoms with Gasteiger partial charge in [0.25, 0.3) is 0 Å². The second-order valence-corrected chi connectivity index (χ2v) is 9.81. The van der Waals surface area contributed by atoms with Crippen molar-refractivity contribution in [3.05, 3.63) is 50.9 Å². The monoisotopic (exact) mass is 542 g/mol. The van der Waals surface area contributed by atoms with Gasteiger partial charge in [-0.2, -0.15) is 0 Å². The highest BCUT2D eigenvalue weighted by atomic mass is 127. The van der Waals surface area contributed by atoms with Crippen LogP contribution < -0.4 is 14.8 Å². The van der Waals surface area contributed by atoms with Crippen LogP contribution in [0.5, 0.6) is 5.75 Å². The largest absolute Gasteiger partial charge is 0.496 e. The zero-order valence-electron chi connectivity index (χ0n) is 15.2. The van der Waals surface area contributed by atoms with Crippen LogP contribution in [-0.2, 0) is 10.0 Å². The van der Waals surface area contributed by atoms with Gasteiger partial charge in [0, 0.05) is 16.2 Å². The fraction of sp³-hybridized carbons (Fsp3) is 0.333. The molecule has 1 aliphatic carbocycles. The Hall–Kier alpha value is -1.57. The molecule has 158 valence electrons. The van der Waals surface area contributed by atoms with Crippen molar-refractivity contribution in [3.63, 3.8) is 0 Å². The van der Waals surface area contributed by atoms with E-state index in [4.69, 9.17) is 4.74 Å². The summed E-state index contributed by atoms with van der Waals surface area (Å²) in [5, 5.41) is 12.5. The van der Waals surface area contributed by atoms with Gasteiger partial charge in [-0.15, -0.1) is 0 Å². The number of halogens is 4. The molecule has 2 aromatic rings. The zero-order chi connectivity index (χ0) is 21.3. The summed E-state index contributed by atoms with van der Waals surface area (Å²) < 4.78 is 74.7. The van der Waals surface area contributed by atoms with Crippen molar-refractivity contribution in [2.24, 2.45) is 0 Å². The Labute approximate surface area is 179 Å². The van der Waals surface area contributed by atoms with E-state index < -0.39 is 51.1 Å². The standard InChI is InChI=1S/C18H18F3IN2O4S/c1-28-15-7-12(20)17(21)18(24-13-5-2-9(22)6-11(13)19)16(15)14(25)8-23-29(26,27)10-3-4-10/h2,5-7,10,14,23-25H,3-4,8H2,1H3. The first-order chi connectivity index (χ1) is 13.6. The van der Waals surface area contributed by atoms with E-state index in [0.717, 1.165) is 6.07 Å². The number of hydrogen-bond acceptors (Lipinski definition) is 5. The SMILES string of the molecule is COc1cc(F)c(F)c(Nc2ccc(I)cc2F)c1C(O)CNS(=O)(=O)C1CC1. The van der Waals surface area contributed by atoms with Gasteiger partial charge in [0.1, 0.15) is 11.6 Å². The summed E-state index contributed by atoms with van der Waals surface area (Å²) in [6.45, 7) is -0.482. The molecular weight excluding hydrogens is 524 g/mol. The fourth-order valence-corrected chi connectivity index (χ4v) is 4.59. The lowest BCUT2D eigenvalue weighted by Crippen LogP contribution is -2.31. The van der Waals surface area contributed by atoms with Crippen molar-refractivity contribution in [3.8, 4) is 5.75 Å². The van der Waals surface area contributed by atoms with Crippen molar-refractivity contribution < 1.29 is 31.4 Å². The van der Waals surface area contributed by atoms with E-state index in [1.54, 1.807) is 6.07 Å². The van der Waals surface area contributed by atoms with Crippen molar-refractivity contribution in [1.29, 1.82) is 0 Å². The highest BCUT2D eigenvalue weighted by molar-refractivity contribution is 14.1. The van der Waals surface area contributed by atoms with Crippen LogP contribution in [0.15, 0.2) is 24.3 Å². The Balaban J connectivity index is 1.98. The summed E-state index contributed by atoms with van der Waals surface area (Å²) in [6.07, 6.45) is -0.527. The molecule has 6 nitrogen and oxygen atoms in total. The van der Waals surface area contributed by atoms with Gasteiger partial charge in [0.15, 0.2) is 11.6 Å². The Bertz CT molecular complexity index is 1030. The molecule has 0 radical (unpaired) electrons. The summed E-state index contributed by atoms with van der Waals surface area (Å²) in [7, 11) is -2.42. The van der Waals surface area contributed by atoms with E-state index in [1.807, 2.05) is 22.6 Å². The van der Waals surface area contributed by atoms with Crippen LogP contribution in [-0.4, -0.2) is 32.4 Å². The first-order valence-electron chi connectivity index (χ1n) is 8.58. The smallest absolute Gasteiger partial charge is 0.214 e. The van der Waals surface area contributed by atoms with E-state index >= 15 is 0 Å². The third-order valence-corrected chi connectivity index (χ3v) is 7.00. The number of ether oxygens (including phenoxy) is 1. The van der Waals surface area contributed by atoms with Crippen LogP contribution in [0.4, 0.5) is 24.5 Å². The van der Waals surface area contributed by atoms with E-state index in [1.165, 1.54) is 19.2 Å². The number of benzene rings is 2. The molecule has 1 saturated carbocycles. The fourth-order valence-electron chi connectivity index (χ4n) is 2.76. The number of aliphatic hydroxyl groups is 1. The molecule has 3 N–H and O–H groups in total. The van der Waals surface area contributed by atoms with Crippen molar-refractivity contribution in [2.45, 2.75) is 24.2 Å². The number of nitrogens with one attached hydrogen (secondary N) is 2. The topological polar surface area (TPSA) is 87.7 Å². The molecule has 1 atom stereocenters. The van der Waals surface area contributed by atoms with Gasteiger partial charge < -0.3 is 15.2 Å². The predicted molar refractivity (Wildman–Crippen MR) is 110 cm³/mol. The summed E-state index contributed by atoms with van der Waals surface area (Å²) in [6, 6.07) is 4.82. The molecule has 2 aromatic carbocycles. The molecule has 0 heterocycles. The summed E-state index contributed by atoms with van der Waals surface area (Å²) in [5.74, 6) is -3.56. The van der Waals surface area contributed by atoms with E-state index in [0.29, 0.717) is 16.4 Å². The molecule has 29 heavy (non-hydrogen) atoms. The van der Waals surface area contributed by atoms with Gasteiger partial charge in [0.2, 0.25) is 10.0 Å². The maximum atomic E-state index is 14.6.